The van der Waals surface area contributed by atoms with Crippen molar-refractivity contribution in [1.82, 2.24) is 19.9 Å². The maximum Gasteiger partial charge on any atom is 0.218 e. The number of hydrogen-bond acceptors (Lipinski definition) is 7. The molecule has 0 aromatic carbocycles. The Balaban J connectivity index is 1.34. The minimum Gasteiger partial charge on any atom is -0.493 e. The van der Waals surface area contributed by atoms with Crippen molar-refractivity contribution in [3.63, 3.8) is 0 Å². The molecule has 0 spiro atoms. The predicted molar refractivity (Wildman–Crippen MR) is 118 cm³/mol. The zero-order valence-corrected chi connectivity index (χ0v) is 18.1. The molecule has 2 aliphatic rings. The third-order valence-corrected chi connectivity index (χ3v) is 6.18. The summed E-state index contributed by atoms with van der Waals surface area (Å²) in [7, 11) is 0. The molecule has 166 valence electrons. The molecule has 1 fully saturated rings. The van der Waals surface area contributed by atoms with Crippen LogP contribution in [0.1, 0.15) is 37.1 Å². The Hall–Kier alpha value is -3.13. The number of ether oxygens (including phenoxy) is 2. The molecule has 0 saturated carbocycles. The summed E-state index contributed by atoms with van der Waals surface area (Å²) >= 11 is 0. The second kappa shape index (κ2) is 9.16. The van der Waals surface area contributed by atoms with Crippen molar-refractivity contribution < 1.29 is 13.9 Å². The lowest BCUT2D eigenvalue weighted by Gasteiger charge is -2.35. The van der Waals surface area contributed by atoms with Crippen molar-refractivity contribution in [1.29, 1.82) is 0 Å². The summed E-state index contributed by atoms with van der Waals surface area (Å²) in [5.41, 5.74) is 2.77. The molecule has 0 radical (unpaired) electrons. The van der Waals surface area contributed by atoms with E-state index in [4.69, 9.17) is 14.5 Å². The zero-order chi connectivity index (χ0) is 21.9. The van der Waals surface area contributed by atoms with Gasteiger partial charge in [-0.2, -0.15) is 4.39 Å². The van der Waals surface area contributed by atoms with Gasteiger partial charge in [0.1, 0.15) is 17.3 Å². The molecule has 3 aromatic heterocycles. The van der Waals surface area contributed by atoms with Gasteiger partial charge in [-0.05, 0) is 37.8 Å². The van der Waals surface area contributed by atoms with Gasteiger partial charge in [0.05, 0.1) is 18.3 Å². The molecule has 0 bridgehead atoms. The van der Waals surface area contributed by atoms with Crippen LogP contribution in [0.25, 0.3) is 11.5 Å². The van der Waals surface area contributed by atoms with Crippen molar-refractivity contribution in [2.75, 3.05) is 31.3 Å². The number of hydrogen-bond donors (Lipinski definition) is 0. The fourth-order valence-electron chi connectivity index (χ4n) is 4.31. The Kier molecular flexibility index (Phi) is 5.94. The number of rotatable bonds is 5. The van der Waals surface area contributed by atoms with E-state index in [1.165, 1.54) is 6.07 Å². The average Bonchev–Trinajstić information content (AvgIpc) is 2.83. The molecule has 5 heterocycles. The normalized spacial score (nSPS) is 18.9. The van der Waals surface area contributed by atoms with Crippen molar-refractivity contribution in [3.8, 4) is 17.3 Å². The summed E-state index contributed by atoms with van der Waals surface area (Å²) in [6.45, 7) is 4.84. The van der Waals surface area contributed by atoms with Crippen LogP contribution < -0.4 is 9.64 Å². The smallest absolute Gasteiger partial charge is 0.218 e. The standard InChI is InChI=1S/C24H26FN5O2/c1-16-19-14-27-24(21-4-2-3-8-26-21)28-20(19)5-9-30(16)23-13-18(12-22(25)29-23)32-15-17-6-10-31-11-7-17/h2-4,8,12-14,16-17H,5-7,9-11,15H2,1H3. The number of pyridine rings is 2. The number of fused-ring (bicyclic) bond motifs is 1. The summed E-state index contributed by atoms with van der Waals surface area (Å²) in [4.78, 5) is 19.8. The van der Waals surface area contributed by atoms with Crippen LogP contribution in [0.3, 0.4) is 0 Å². The second-order valence-corrected chi connectivity index (χ2v) is 8.28. The molecule has 7 nitrogen and oxygen atoms in total. The van der Waals surface area contributed by atoms with Gasteiger partial charge in [-0.25, -0.2) is 15.0 Å². The Bertz CT molecular complexity index is 1080. The van der Waals surface area contributed by atoms with Gasteiger partial charge in [-0.15, -0.1) is 0 Å². The van der Waals surface area contributed by atoms with Crippen LogP contribution in [-0.4, -0.2) is 46.3 Å². The Labute approximate surface area is 186 Å². The predicted octanol–water partition coefficient (Wildman–Crippen LogP) is 4.00. The highest BCUT2D eigenvalue weighted by molar-refractivity contribution is 5.52. The molecule has 0 amide bonds. The zero-order valence-electron chi connectivity index (χ0n) is 18.1. The second-order valence-electron chi connectivity index (χ2n) is 8.28. The molecular weight excluding hydrogens is 409 g/mol. The van der Waals surface area contributed by atoms with Gasteiger partial charge >= 0.3 is 0 Å². The first-order chi connectivity index (χ1) is 15.7. The number of anilines is 1. The molecule has 0 N–H and O–H groups in total. The van der Waals surface area contributed by atoms with Crippen LogP contribution in [0.2, 0.25) is 0 Å². The SMILES string of the molecule is CC1c2cnc(-c3ccccn3)nc2CCN1c1cc(OCC2CCOCC2)cc(F)n1. The minimum absolute atomic E-state index is 0.0332. The first kappa shape index (κ1) is 20.8. The van der Waals surface area contributed by atoms with Crippen LogP contribution in [-0.2, 0) is 11.2 Å². The summed E-state index contributed by atoms with van der Waals surface area (Å²) < 4.78 is 25.7. The van der Waals surface area contributed by atoms with E-state index in [0.29, 0.717) is 36.5 Å². The highest BCUT2D eigenvalue weighted by atomic mass is 19.1. The lowest BCUT2D eigenvalue weighted by Crippen LogP contribution is -2.35. The number of aromatic nitrogens is 4. The Morgan fingerprint density at radius 3 is 2.84 bits per heavy atom. The van der Waals surface area contributed by atoms with E-state index in [1.54, 1.807) is 6.20 Å². The van der Waals surface area contributed by atoms with E-state index in [0.717, 1.165) is 49.4 Å². The topological polar surface area (TPSA) is 73.3 Å². The molecule has 5 rings (SSSR count). The van der Waals surface area contributed by atoms with Crippen molar-refractivity contribution in [2.24, 2.45) is 5.92 Å². The molecule has 1 saturated heterocycles. The molecule has 3 aromatic rings. The van der Waals surface area contributed by atoms with Gasteiger partial charge in [0.15, 0.2) is 5.82 Å². The van der Waals surface area contributed by atoms with Gasteiger partial charge in [0.2, 0.25) is 5.95 Å². The van der Waals surface area contributed by atoms with E-state index in [-0.39, 0.29) is 6.04 Å². The third kappa shape index (κ3) is 4.41. The van der Waals surface area contributed by atoms with Crippen LogP contribution in [0, 0.1) is 11.9 Å². The monoisotopic (exact) mass is 435 g/mol. The Morgan fingerprint density at radius 2 is 2.03 bits per heavy atom. The fourth-order valence-corrected chi connectivity index (χ4v) is 4.31. The lowest BCUT2D eigenvalue weighted by molar-refractivity contribution is 0.0497. The molecule has 8 heteroatoms. The number of halogens is 1. The summed E-state index contributed by atoms with van der Waals surface area (Å²) in [5.74, 6) is 1.61. The molecule has 0 aliphatic carbocycles. The minimum atomic E-state index is -0.538. The van der Waals surface area contributed by atoms with Crippen LogP contribution in [0.4, 0.5) is 10.2 Å². The van der Waals surface area contributed by atoms with Gasteiger partial charge in [-0.3, -0.25) is 4.98 Å². The molecule has 2 aliphatic heterocycles. The summed E-state index contributed by atoms with van der Waals surface area (Å²) in [6.07, 6.45) is 6.26. The maximum absolute atomic E-state index is 14.3. The van der Waals surface area contributed by atoms with E-state index in [9.17, 15) is 4.39 Å². The largest absolute Gasteiger partial charge is 0.493 e. The van der Waals surface area contributed by atoms with Crippen molar-refractivity contribution in [3.05, 3.63) is 59.9 Å². The molecule has 1 unspecified atom stereocenters. The van der Waals surface area contributed by atoms with Crippen LogP contribution in [0.15, 0.2) is 42.7 Å². The van der Waals surface area contributed by atoms with E-state index in [1.807, 2.05) is 30.5 Å². The highest BCUT2D eigenvalue weighted by Gasteiger charge is 2.28. The van der Waals surface area contributed by atoms with E-state index < -0.39 is 5.95 Å². The Morgan fingerprint density at radius 1 is 1.16 bits per heavy atom. The van der Waals surface area contributed by atoms with Crippen molar-refractivity contribution in [2.45, 2.75) is 32.2 Å². The van der Waals surface area contributed by atoms with Crippen LogP contribution >= 0.6 is 0 Å². The fraction of sp³-hybridized carbons (Fsp3) is 0.417. The third-order valence-electron chi connectivity index (χ3n) is 6.18. The molecule has 32 heavy (non-hydrogen) atoms. The maximum atomic E-state index is 14.3. The lowest BCUT2D eigenvalue weighted by atomic mass is 9.99. The van der Waals surface area contributed by atoms with E-state index >= 15 is 0 Å². The first-order valence-electron chi connectivity index (χ1n) is 11.1. The van der Waals surface area contributed by atoms with Gasteiger partial charge in [0, 0.05) is 56.3 Å². The van der Waals surface area contributed by atoms with Crippen LogP contribution in [0.5, 0.6) is 5.75 Å². The first-order valence-corrected chi connectivity index (χ1v) is 11.1. The van der Waals surface area contributed by atoms with Gasteiger partial charge < -0.3 is 14.4 Å². The van der Waals surface area contributed by atoms with Gasteiger partial charge in [0.25, 0.3) is 0 Å². The van der Waals surface area contributed by atoms with Gasteiger partial charge in [-0.1, -0.05) is 6.07 Å². The van der Waals surface area contributed by atoms with E-state index in [2.05, 4.69) is 26.8 Å². The summed E-state index contributed by atoms with van der Waals surface area (Å²) in [5, 5.41) is 0. The van der Waals surface area contributed by atoms with Crippen molar-refractivity contribution >= 4 is 5.82 Å². The molecular formula is C24H26FN5O2. The summed E-state index contributed by atoms with van der Waals surface area (Å²) in [6, 6.07) is 8.84. The molecule has 1 atom stereocenters. The number of nitrogens with zero attached hydrogens (tertiary/aromatic N) is 5. The highest BCUT2D eigenvalue weighted by Crippen LogP contribution is 2.34. The average molecular weight is 436 g/mol. The quantitative estimate of drug-likeness (QED) is 0.561.